The number of hydrogen-bond donors (Lipinski definition) is 2. The minimum Gasteiger partial charge on any atom is -0.360 e. The molecule has 2 heterocycles. The lowest BCUT2D eigenvalue weighted by Gasteiger charge is -2.06. The van der Waals surface area contributed by atoms with Crippen LogP contribution < -0.4 is 5.46 Å². The normalized spacial score (nSPS) is 11.9. The zero-order valence-corrected chi connectivity index (χ0v) is 14.9. The van der Waals surface area contributed by atoms with Gasteiger partial charge in [0.05, 0.1) is 11.0 Å². The van der Waals surface area contributed by atoms with Gasteiger partial charge in [-0.1, -0.05) is 66.1 Å². The Hall–Kier alpha value is -3.53. The Bertz CT molecular complexity index is 1490. The fourth-order valence-electron chi connectivity index (χ4n) is 4.18. The molecule has 0 atom stereocenters. The molecular formula is C23H16BN3. The first kappa shape index (κ1) is 14.6. The Labute approximate surface area is 156 Å². The number of aromatic nitrogens is 3. The predicted molar refractivity (Wildman–Crippen MR) is 117 cm³/mol. The summed E-state index contributed by atoms with van der Waals surface area (Å²) in [7, 11) is 2.13. The van der Waals surface area contributed by atoms with Crippen LogP contribution in [0.5, 0.6) is 0 Å². The maximum Gasteiger partial charge on any atom is 0.140 e. The number of benzene rings is 4. The molecule has 0 saturated heterocycles. The molecule has 0 spiro atoms. The Morgan fingerprint density at radius 1 is 0.741 bits per heavy atom. The van der Waals surface area contributed by atoms with Crippen LogP contribution in [-0.4, -0.2) is 22.8 Å². The summed E-state index contributed by atoms with van der Waals surface area (Å²) in [6.45, 7) is 0. The SMILES string of the molecule is Bc1ccc2c3ccccc3c3[nH]c(-c4c[nH]c5ccccc45)nc3c2c1. The van der Waals surface area contributed by atoms with Crippen molar-refractivity contribution in [2.75, 3.05) is 0 Å². The summed E-state index contributed by atoms with van der Waals surface area (Å²) in [5.74, 6) is 0.904. The third-order valence-electron chi connectivity index (χ3n) is 5.46. The van der Waals surface area contributed by atoms with E-state index in [4.69, 9.17) is 4.98 Å². The summed E-state index contributed by atoms with van der Waals surface area (Å²) in [6, 6.07) is 23.5. The molecule has 0 fully saturated rings. The minimum atomic E-state index is 0.904. The number of nitrogens with zero attached hydrogens (tertiary/aromatic N) is 1. The molecule has 6 aromatic rings. The smallest absolute Gasteiger partial charge is 0.140 e. The predicted octanol–water partition coefficient (Wildman–Crippen LogP) is 4.28. The molecule has 2 N–H and O–H groups in total. The summed E-state index contributed by atoms with van der Waals surface area (Å²) in [4.78, 5) is 12.0. The Morgan fingerprint density at radius 3 is 2.37 bits per heavy atom. The average Bonchev–Trinajstić information content (AvgIpc) is 3.32. The van der Waals surface area contributed by atoms with Crippen molar-refractivity contribution in [1.29, 1.82) is 0 Å². The van der Waals surface area contributed by atoms with Gasteiger partial charge in [0, 0.05) is 33.4 Å². The zero-order valence-electron chi connectivity index (χ0n) is 14.9. The van der Waals surface area contributed by atoms with Crippen molar-refractivity contribution in [1.82, 2.24) is 15.0 Å². The van der Waals surface area contributed by atoms with Crippen LogP contribution in [0.3, 0.4) is 0 Å². The van der Waals surface area contributed by atoms with Crippen LogP contribution in [0.2, 0.25) is 0 Å². The van der Waals surface area contributed by atoms with E-state index in [0.29, 0.717) is 0 Å². The lowest BCUT2D eigenvalue weighted by molar-refractivity contribution is 1.34. The van der Waals surface area contributed by atoms with Crippen molar-refractivity contribution in [2.45, 2.75) is 0 Å². The molecule has 3 nitrogen and oxygen atoms in total. The van der Waals surface area contributed by atoms with E-state index in [9.17, 15) is 0 Å². The third kappa shape index (κ3) is 2.01. The van der Waals surface area contributed by atoms with Gasteiger partial charge in [0.25, 0.3) is 0 Å². The highest BCUT2D eigenvalue weighted by Gasteiger charge is 2.15. The topological polar surface area (TPSA) is 44.5 Å². The van der Waals surface area contributed by atoms with Gasteiger partial charge in [-0.05, 0) is 16.8 Å². The summed E-state index contributed by atoms with van der Waals surface area (Å²) in [5, 5.41) is 6.10. The monoisotopic (exact) mass is 345 g/mol. The summed E-state index contributed by atoms with van der Waals surface area (Å²) in [6.07, 6.45) is 2.04. The van der Waals surface area contributed by atoms with Crippen LogP contribution in [0.4, 0.5) is 0 Å². The van der Waals surface area contributed by atoms with Crippen LogP contribution in [0.1, 0.15) is 0 Å². The van der Waals surface area contributed by atoms with E-state index in [1.807, 2.05) is 12.3 Å². The lowest BCUT2D eigenvalue weighted by atomic mass is 9.91. The van der Waals surface area contributed by atoms with Crippen molar-refractivity contribution in [3.63, 3.8) is 0 Å². The summed E-state index contributed by atoms with van der Waals surface area (Å²) >= 11 is 0. The van der Waals surface area contributed by atoms with Gasteiger partial charge in [0.15, 0.2) is 0 Å². The van der Waals surface area contributed by atoms with Gasteiger partial charge in [-0.15, -0.1) is 0 Å². The molecule has 0 amide bonds. The summed E-state index contributed by atoms with van der Waals surface area (Å²) in [5.41, 5.74) is 5.61. The van der Waals surface area contributed by atoms with Crippen LogP contribution in [0.15, 0.2) is 72.9 Å². The fourth-order valence-corrected chi connectivity index (χ4v) is 4.18. The number of rotatable bonds is 1. The van der Waals surface area contributed by atoms with Crippen LogP contribution in [0, 0.1) is 0 Å². The van der Waals surface area contributed by atoms with Crippen molar-refractivity contribution in [3.8, 4) is 11.4 Å². The van der Waals surface area contributed by atoms with E-state index in [0.717, 1.165) is 27.9 Å². The maximum atomic E-state index is 5.05. The van der Waals surface area contributed by atoms with Gasteiger partial charge < -0.3 is 9.97 Å². The molecule has 2 aromatic heterocycles. The number of aromatic amines is 2. The minimum absolute atomic E-state index is 0.904. The second-order valence-electron chi connectivity index (χ2n) is 7.15. The number of nitrogens with one attached hydrogen (secondary N) is 2. The molecule has 0 bridgehead atoms. The average molecular weight is 345 g/mol. The molecule has 0 unspecified atom stereocenters. The summed E-state index contributed by atoms with van der Waals surface area (Å²) < 4.78 is 0. The molecule has 0 radical (unpaired) electrons. The molecule has 126 valence electrons. The van der Waals surface area contributed by atoms with Crippen molar-refractivity contribution in [3.05, 3.63) is 72.9 Å². The number of hydrogen-bond acceptors (Lipinski definition) is 1. The van der Waals surface area contributed by atoms with Crippen molar-refractivity contribution >= 4 is 56.8 Å². The van der Waals surface area contributed by atoms with E-state index in [2.05, 4.69) is 78.5 Å². The Balaban J connectivity index is 1.78. The first-order valence-electron chi connectivity index (χ1n) is 9.17. The number of H-pyrrole nitrogens is 2. The van der Waals surface area contributed by atoms with E-state index >= 15 is 0 Å². The van der Waals surface area contributed by atoms with Crippen LogP contribution in [-0.2, 0) is 0 Å². The molecule has 27 heavy (non-hydrogen) atoms. The van der Waals surface area contributed by atoms with Crippen molar-refractivity contribution < 1.29 is 0 Å². The highest BCUT2D eigenvalue weighted by Crippen LogP contribution is 2.36. The Kier molecular flexibility index (Phi) is 2.84. The molecule has 0 aliphatic rings. The van der Waals surface area contributed by atoms with Gasteiger partial charge in [-0.3, -0.25) is 0 Å². The third-order valence-corrected chi connectivity index (χ3v) is 5.46. The standard InChI is InChI=1S/C23H16BN3/c24-13-9-10-15-14-5-1-2-7-17(14)21-22(18(15)11-13)27-23(26-21)19-12-25-20-8-4-3-6-16(19)20/h1-12,25H,24H2,(H,26,27). The maximum absolute atomic E-state index is 5.05. The largest absolute Gasteiger partial charge is 0.360 e. The molecular weight excluding hydrogens is 329 g/mol. The highest BCUT2D eigenvalue weighted by molar-refractivity contribution is 6.35. The quantitative estimate of drug-likeness (QED) is 0.339. The molecule has 0 aliphatic carbocycles. The molecule has 0 aliphatic heterocycles. The zero-order chi connectivity index (χ0) is 18.0. The van der Waals surface area contributed by atoms with Crippen LogP contribution in [0.25, 0.3) is 54.9 Å². The molecule has 4 aromatic carbocycles. The second kappa shape index (κ2) is 5.24. The molecule has 0 saturated carbocycles. The Morgan fingerprint density at radius 2 is 1.48 bits per heavy atom. The highest BCUT2D eigenvalue weighted by atomic mass is 14.9. The van der Waals surface area contributed by atoms with Gasteiger partial charge in [-0.25, -0.2) is 4.98 Å². The first-order valence-corrected chi connectivity index (χ1v) is 9.17. The fraction of sp³-hybridized carbons (Fsp3) is 0. The number of imidazole rings is 1. The molecule has 6 rings (SSSR count). The van der Waals surface area contributed by atoms with E-state index in [-0.39, 0.29) is 0 Å². The number of fused-ring (bicyclic) bond motifs is 7. The van der Waals surface area contributed by atoms with Gasteiger partial charge >= 0.3 is 0 Å². The lowest BCUT2D eigenvalue weighted by Crippen LogP contribution is -2.00. The second-order valence-corrected chi connectivity index (χ2v) is 7.15. The van der Waals surface area contributed by atoms with E-state index in [1.165, 1.54) is 32.4 Å². The first-order chi connectivity index (χ1) is 13.3. The van der Waals surface area contributed by atoms with Crippen molar-refractivity contribution in [2.24, 2.45) is 0 Å². The van der Waals surface area contributed by atoms with Crippen LogP contribution >= 0.6 is 0 Å². The van der Waals surface area contributed by atoms with E-state index in [1.54, 1.807) is 0 Å². The molecule has 4 heteroatoms. The van der Waals surface area contributed by atoms with E-state index < -0.39 is 0 Å². The van der Waals surface area contributed by atoms with Gasteiger partial charge in [-0.2, -0.15) is 0 Å². The van der Waals surface area contributed by atoms with Gasteiger partial charge in [0.2, 0.25) is 0 Å². The number of para-hydroxylation sites is 1. The van der Waals surface area contributed by atoms with Gasteiger partial charge in [0.1, 0.15) is 13.7 Å².